The Morgan fingerprint density at radius 3 is 2.53 bits per heavy atom. The molecule has 1 atom stereocenters. The zero-order valence-electron chi connectivity index (χ0n) is 10.5. The molecule has 0 radical (unpaired) electrons. The molecule has 98 valence electrons. The fraction of sp³-hybridized carbons (Fsp3) is 0.750. The SMILES string of the molecule is C/C=C/CS(=O)(=O)C(C)C(=O)NC1CCCC1. The monoisotopic (exact) mass is 259 g/mol. The second-order valence-electron chi connectivity index (χ2n) is 4.53. The lowest BCUT2D eigenvalue weighted by molar-refractivity contribution is -0.121. The van der Waals surface area contributed by atoms with Crippen LogP contribution in [0.4, 0.5) is 0 Å². The van der Waals surface area contributed by atoms with Crippen molar-refractivity contribution in [3.05, 3.63) is 12.2 Å². The molecule has 17 heavy (non-hydrogen) atoms. The summed E-state index contributed by atoms with van der Waals surface area (Å²) in [6.45, 7) is 3.22. The highest BCUT2D eigenvalue weighted by molar-refractivity contribution is 7.92. The van der Waals surface area contributed by atoms with Crippen LogP contribution in [-0.2, 0) is 14.6 Å². The minimum Gasteiger partial charge on any atom is -0.352 e. The predicted octanol–water partition coefficient (Wildman–Crippen LogP) is 1.42. The topological polar surface area (TPSA) is 63.2 Å². The number of nitrogens with one attached hydrogen (secondary N) is 1. The molecule has 0 aliphatic heterocycles. The largest absolute Gasteiger partial charge is 0.352 e. The summed E-state index contributed by atoms with van der Waals surface area (Å²) in [5, 5.41) is 1.86. The lowest BCUT2D eigenvalue weighted by Gasteiger charge is -2.16. The molecule has 1 amide bonds. The normalized spacial score (nSPS) is 19.6. The van der Waals surface area contributed by atoms with Gasteiger partial charge in [0.15, 0.2) is 9.84 Å². The molecule has 1 fully saturated rings. The van der Waals surface area contributed by atoms with Crippen molar-refractivity contribution < 1.29 is 13.2 Å². The van der Waals surface area contributed by atoms with Crippen molar-refractivity contribution in [2.45, 2.75) is 50.8 Å². The van der Waals surface area contributed by atoms with E-state index in [2.05, 4.69) is 5.32 Å². The van der Waals surface area contributed by atoms with Gasteiger partial charge in [0, 0.05) is 6.04 Å². The van der Waals surface area contributed by atoms with Crippen LogP contribution in [-0.4, -0.2) is 31.4 Å². The molecule has 1 aliphatic rings. The molecule has 1 rings (SSSR count). The van der Waals surface area contributed by atoms with E-state index in [0.29, 0.717) is 0 Å². The number of carbonyl (C=O) groups is 1. The molecule has 1 unspecified atom stereocenters. The van der Waals surface area contributed by atoms with E-state index in [0.717, 1.165) is 25.7 Å². The van der Waals surface area contributed by atoms with Crippen molar-refractivity contribution in [1.82, 2.24) is 5.32 Å². The molecule has 1 N–H and O–H groups in total. The average Bonchev–Trinajstić information content (AvgIpc) is 2.78. The van der Waals surface area contributed by atoms with E-state index in [1.54, 1.807) is 19.1 Å². The molecule has 0 bridgehead atoms. The maximum absolute atomic E-state index is 11.8. The van der Waals surface area contributed by atoms with Gasteiger partial charge in [0.2, 0.25) is 5.91 Å². The summed E-state index contributed by atoms with van der Waals surface area (Å²) in [7, 11) is -3.36. The second-order valence-corrected chi connectivity index (χ2v) is 6.90. The Hall–Kier alpha value is -0.840. The first-order valence-electron chi connectivity index (χ1n) is 6.10. The number of rotatable bonds is 5. The van der Waals surface area contributed by atoms with Gasteiger partial charge in [0.1, 0.15) is 5.25 Å². The zero-order chi connectivity index (χ0) is 12.9. The third-order valence-corrected chi connectivity index (χ3v) is 5.12. The van der Waals surface area contributed by atoms with E-state index < -0.39 is 15.1 Å². The van der Waals surface area contributed by atoms with Gasteiger partial charge >= 0.3 is 0 Å². The van der Waals surface area contributed by atoms with Crippen LogP contribution in [0.5, 0.6) is 0 Å². The lowest BCUT2D eigenvalue weighted by Crippen LogP contribution is -2.42. The van der Waals surface area contributed by atoms with Gasteiger partial charge in [0.25, 0.3) is 0 Å². The minimum atomic E-state index is -3.36. The van der Waals surface area contributed by atoms with Crippen LogP contribution in [0.25, 0.3) is 0 Å². The molecular weight excluding hydrogens is 238 g/mol. The average molecular weight is 259 g/mol. The van der Waals surface area contributed by atoms with E-state index in [1.165, 1.54) is 6.92 Å². The fourth-order valence-electron chi connectivity index (χ4n) is 1.93. The summed E-state index contributed by atoms with van der Waals surface area (Å²) in [6.07, 6.45) is 7.41. The van der Waals surface area contributed by atoms with Crippen molar-refractivity contribution in [2.24, 2.45) is 0 Å². The van der Waals surface area contributed by atoms with Gasteiger partial charge in [-0.2, -0.15) is 0 Å². The fourth-order valence-corrected chi connectivity index (χ4v) is 3.07. The smallest absolute Gasteiger partial charge is 0.238 e. The Morgan fingerprint density at radius 1 is 1.41 bits per heavy atom. The Labute approximate surface area is 103 Å². The Kier molecular flexibility index (Phi) is 5.18. The first-order chi connectivity index (χ1) is 7.97. The van der Waals surface area contributed by atoms with Crippen LogP contribution in [0.1, 0.15) is 39.5 Å². The molecular formula is C12H21NO3S. The maximum Gasteiger partial charge on any atom is 0.238 e. The highest BCUT2D eigenvalue weighted by Gasteiger charge is 2.28. The quantitative estimate of drug-likeness (QED) is 0.760. The van der Waals surface area contributed by atoms with Crippen molar-refractivity contribution in [3.63, 3.8) is 0 Å². The van der Waals surface area contributed by atoms with Gasteiger partial charge in [0.05, 0.1) is 5.75 Å². The highest BCUT2D eigenvalue weighted by Crippen LogP contribution is 2.18. The number of hydrogen-bond acceptors (Lipinski definition) is 3. The third kappa shape index (κ3) is 4.15. The van der Waals surface area contributed by atoms with Gasteiger partial charge < -0.3 is 5.32 Å². The molecule has 5 heteroatoms. The predicted molar refractivity (Wildman–Crippen MR) is 68.5 cm³/mol. The van der Waals surface area contributed by atoms with E-state index in [4.69, 9.17) is 0 Å². The first-order valence-corrected chi connectivity index (χ1v) is 7.82. The molecule has 0 aromatic carbocycles. The summed E-state index contributed by atoms with van der Waals surface area (Å²) in [5.74, 6) is -0.427. The van der Waals surface area contributed by atoms with Gasteiger partial charge in [-0.05, 0) is 26.7 Å². The highest BCUT2D eigenvalue weighted by atomic mass is 32.2. The molecule has 4 nitrogen and oxygen atoms in total. The summed E-state index contributed by atoms with van der Waals surface area (Å²) in [4.78, 5) is 11.8. The van der Waals surface area contributed by atoms with Crippen LogP contribution in [0, 0.1) is 0 Å². The van der Waals surface area contributed by atoms with E-state index in [-0.39, 0.29) is 17.7 Å². The molecule has 0 heterocycles. The van der Waals surface area contributed by atoms with Gasteiger partial charge in [-0.25, -0.2) is 8.42 Å². The molecule has 0 saturated heterocycles. The van der Waals surface area contributed by atoms with E-state index in [9.17, 15) is 13.2 Å². The zero-order valence-corrected chi connectivity index (χ0v) is 11.3. The van der Waals surface area contributed by atoms with Crippen molar-refractivity contribution in [1.29, 1.82) is 0 Å². The molecule has 1 saturated carbocycles. The number of amides is 1. The van der Waals surface area contributed by atoms with Crippen LogP contribution >= 0.6 is 0 Å². The van der Waals surface area contributed by atoms with Crippen LogP contribution in [0.3, 0.4) is 0 Å². The Balaban J connectivity index is 2.55. The van der Waals surface area contributed by atoms with Crippen molar-refractivity contribution in [3.8, 4) is 0 Å². The Bertz CT molecular complexity index is 381. The summed E-state index contributed by atoms with van der Waals surface area (Å²) < 4.78 is 23.6. The number of sulfone groups is 1. The standard InChI is InChI=1S/C12H21NO3S/c1-3-4-9-17(15,16)10(2)12(14)13-11-7-5-6-8-11/h3-4,10-11H,5-9H2,1-2H3,(H,13,14)/b4-3+. The van der Waals surface area contributed by atoms with Crippen LogP contribution < -0.4 is 5.32 Å². The maximum atomic E-state index is 11.8. The van der Waals surface area contributed by atoms with Gasteiger partial charge in [-0.15, -0.1) is 0 Å². The lowest BCUT2D eigenvalue weighted by atomic mass is 10.2. The number of carbonyl (C=O) groups excluding carboxylic acids is 1. The van der Waals surface area contributed by atoms with Gasteiger partial charge in [-0.3, -0.25) is 4.79 Å². The molecule has 0 aromatic rings. The van der Waals surface area contributed by atoms with Crippen molar-refractivity contribution >= 4 is 15.7 Å². The third-order valence-electron chi connectivity index (χ3n) is 3.17. The summed E-state index contributed by atoms with van der Waals surface area (Å²) in [6, 6.07) is 0.168. The van der Waals surface area contributed by atoms with Crippen LogP contribution in [0.15, 0.2) is 12.2 Å². The molecule has 1 aliphatic carbocycles. The van der Waals surface area contributed by atoms with Crippen LogP contribution in [0.2, 0.25) is 0 Å². The number of allylic oxidation sites excluding steroid dienone is 1. The molecule has 0 aromatic heterocycles. The summed E-state index contributed by atoms with van der Waals surface area (Å²) >= 11 is 0. The van der Waals surface area contributed by atoms with E-state index >= 15 is 0 Å². The van der Waals surface area contributed by atoms with Gasteiger partial charge in [-0.1, -0.05) is 25.0 Å². The van der Waals surface area contributed by atoms with Crippen molar-refractivity contribution in [2.75, 3.05) is 5.75 Å². The first kappa shape index (κ1) is 14.2. The second kappa shape index (κ2) is 6.19. The minimum absolute atomic E-state index is 0.0667. The number of hydrogen-bond donors (Lipinski definition) is 1. The Morgan fingerprint density at radius 2 is 2.00 bits per heavy atom. The van der Waals surface area contributed by atoms with E-state index in [1.807, 2.05) is 0 Å². The molecule has 0 spiro atoms. The summed E-state index contributed by atoms with van der Waals surface area (Å²) in [5.41, 5.74) is 0.